The van der Waals surface area contributed by atoms with Gasteiger partial charge in [-0.1, -0.05) is 17.9 Å². The fourth-order valence-corrected chi connectivity index (χ4v) is 0.787. The summed E-state index contributed by atoms with van der Waals surface area (Å²) in [6.45, 7) is 0.0440. The van der Waals surface area contributed by atoms with Crippen molar-refractivity contribution in [2.24, 2.45) is 0 Å². The highest BCUT2D eigenvalue weighted by Crippen LogP contribution is 2.00. The van der Waals surface area contributed by atoms with Crippen LogP contribution in [0.2, 0.25) is 0 Å². The molecule has 0 saturated heterocycles. The van der Waals surface area contributed by atoms with Crippen molar-refractivity contribution < 1.29 is 9.50 Å². The van der Waals surface area contributed by atoms with Crippen molar-refractivity contribution in [3.8, 4) is 11.8 Å². The maximum Gasteiger partial charge on any atom is 0.124 e. The van der Waals surface area contributed by atoms with E-state index in [-0.39, 0.29) is 12.4 Å². The number of aliphatic hydroxyl groups excluding tert-OH is 1. The molecule has 12 heavy (non-hydrogen) atoms. The average Bonchev–Trinajstić information content (AvgIpc) is 2.05. The molecule has 0 amide bonds. The number of hydrogen-bond acceptors (Lipinski definition) is 1. The Labute approximate surface area is 70.9 Å². The maximum absolute atomic E-state index is 12.6. The lowest BCUT2D eigenvalue weighted by atomic mass is 10.2. The van der Waals surface area contributed by atoms with Crippen molar-refractivity contribution in [3.05, 3.63) is 35.6 Å². The van der Waals surface area contributed by atoms with E-state index in [1.165, 1.54) is 12.1 Å². The van der Waals surface area contributed by atoms with Crippen LogP contribution in [-0.4, -0.2) is 11.7 Å². The number of aliphatic hydroxyl groups is 1. The van der Waals surface area contributed by atoms with Crippen molar-refractivity contribution >= 4 is 0 Å². The fourth-order valence-electron chi connectivity index (χ4n) is 0.787. The standard InChI is InChI=1S/C10H9FO/c11-10-6-3-5-9(8-10)4-1-2-7-12/h3,5-6,8,12H,2,7H2. The first kappa shape index (κ1) is 8.76. The molecule has 1 aromatic rings. The summed E-state index contributed by atoms with van der Waals surface area (Å²) in [5.74, 6) is 5.16. The highest BCUT2D eigenvalue weighted by Gasteiger charge is 1.88. The largest absolute Gasteiger partial charge is 0.395 e. The molecule has 0 aliphatic carbocycles. The van der Waals surface area contributed by atoms with E-state index in [9.17, 15) is 4.39 Å². The minimum atomic E-state index is -0.286. The Morgan fingerprint density at radius 2 is 2.25 bits per heavy atom. The van der Waals surface area contributed by atoms with Crippen LogP contribution in [0.15, 0.2) is 24.3 Å². The fraction of sp³-hybridized carbons (Fsp3) is 0.200. The molecule has 0 atom stereocenters. The van der Waals surface area contributed by atoms with Gasteiger partial charge in [-0.15, -0.1) is 0 Å². The molecule has 0 bridgehead atoms. The SMILES string of the molecule is OCCC#Cc1cccc(F)c1. The summed E-state index contributed by atoms with van der Waals surface area (Å²) in [4.78, 5) is 0. The maximum atomic E-state index is 12.6. The first-order valence-electron chi connectivity index (χ1n) is 3.68. The molecular weight excluding hydrogens is 155 g/mol. The molecule has 0 spiro atoms. The summed E-state index contributed by atoms with van der Waals surface area (Å²) in [6.07, 6.45) is 0.427. The van der Waals surface area contributed by atoms with E-state index < -0.39 is 0 Å². The minimum absolute atomic E-state index is 0.0440. The summed E-state index contributed by atoms with van der Waals surface area (Å²) in [5.41, 5.74) is 0.642. The van der Waals surface area contributed by atoms with Gasteiger partial charge in [0.15, 0.2) is 0 Å². The molecule has 2 heteroatoms. The van der Waals surface area contributed by atoms with Crippen LogP contribution >= 0.6 is 0 Å². The zero-order valence-corrected chi connectivity index (χ0v) is 6.55. The van der Waals surface area contributed by atoms with E-state index in [1.54, 1.807) is 12.1 Å². The summed E-state index contributed by atoms with van der Waals surface area (Å²) >= 11 is 0. The van der Waals surface area contributed by atoms with Crippen molar-refractivity contribution in [3.63, 3.8) is 0 Å². The third-order valence-corrected chi connectivity index (χ3v) is 1.29. The summed E-state index contributed by atoms with van der Waals surface area (Å²) in [5, 5.41) is 8.42. The summed E-state index contributed by atoms with van der Waals surface area (Å²) in [6, 6.07) is 6.08. The molecule has 0 aliphatic rings. The van der Waals surface area contributed by atoms with Crippen LogP contribution in [0.3, 0.4) is 0 Å². The molecule has 0 fully saturated rings. The monoisotopic (exact) mass is 164 g/mol. The van der Waals surface area contributed by atoms with Crippen molar-refractivity contribution in [1.82, 2.24) is 0 Å². The molecule has 1 N–H and O–H groups in total. The van der Waals surface area contributed by atoms with Gasteiger partial charge < -0.3 is 5.11 Å². The molecule has 1 rings (SSSR count). The Morgan fingerprint density at radius 3 is 2.92 bits per heavy atom. The van der Waals surface area contributed by atoms with Crippen LogP contribution in [-0.2, 0) is 0 Å². The molecular formula is C10H9FO. The van der Waals surface area contributed by atoms with Gasteiger partial charge in [0.25, 0.3) is 0 Å². The first-order valence-corrected chi connectivity index (χ1v) is 3.68. The number of halogens is 1. The average molecular weight is 164 g/mol. The summed E-state index contributed by atoms with van der Waals surface area (Å²) in [7, 11) is 0. The number of hydrogen-bond donors (Lipinski definition) is 1. The van der Waals surface area contributed by atoms with Gasteiger partial charge in [0, 0.05) is 12.0 Å². The molecule has 0 aromatic heterocycles. The Morgan fingerprint density at radius 1 is 1.42 bits per heavy atom. The van der Waals surface area contributed by atoms with Crippen LogP contribution in [0.25, 0.3) is 0 Å². The quantitative estimate of drug-likeness (QED) is 0.624. The highest BCUT2D eigenvalue weighted by molar-refractivity contribution is 5.34. The number of benzene rings is 1. The van der Waals surface area contributed by atoms with Gasteiger partial charge in [-0.05, 0) is 18.2 Å². The van der Waals surface area contributed by atoms with E-state index in [0.29, 0.717) is 12.0 Å². The Hall–Kier alpha value is -1.33. The van der Waals surface area contributed by atoms with Gasteiger partial charge in [0.05, 0.1) is 6.61 Å². The van der Waals surface area contributed by atoms with Gasteiger partial charge in [0.1, 0.15) is 5.82 Å². The normalized spacial score (nSPS) is 8.83. The number of rotatable bonds is 1. The lowest BCUT2D eigenvalue weighted by Gasteiger charge is -1.88. The van der Waals surface area contributed by atoms with Crippen molar-refractivity contribution in [2.45, 2.75) is 6.42 Å². The van der Waals surface area contributed by atoms with Crippen molar-refractivity contribution in [2.75, 3.05) is 6.61 Å². The van der Waals surface area contributed by atoms with Gasteiger partial charge in [0.2, 0.25) is 0 Å². The van der Waals surface area contributed by atoms with E-state index in [1.807, 2.05) is 0 Å². The second-order valence-corrected chi connectivity index (χ2v) is 2.29. The predicted molar refractivity (Wildman–Crippen MR) is 45.0 cm³/mol. The molecule has 0 aliphatic heterocycles. The zero-order chi connectivity index (χ0) is 8.81. The second kappa shape index (κ2) is 4.53. The molecule has 1 nitrogen and oxygen atoms in total. The third-order valence-electron chi connectivity index (χ3n) is 1.29. The van der Waals surface area contributed by atoms with E-state index in [0.717, 1.165) is 0 Å². The lowest BCUT2D eigenvalue weighted by molar-refractivity contribution is 0.305. The Kier molecular flexibility index (Phi) is 3.31. The first-order chi connectivity index (χ1) is 5.83. The molecule has 62 valence electrons. The molecule has 0 saturated carbocycles. The molecule has 0 radical (unpaired) electrons. The smallest absolute Gasteiger partial charge is 0.124 e. The molecule has 0 heterocycles. The Bertz CT molecular complexity index is 309. The van der Waals surface area contributed by atoms with E-state index in [4.69, 9.17) is 5.11 Å². The minimum Gasteiger partial charge on any atom is -0.395 e. The van der Waals surface area contributed by atoms with Crippen LogP contribution in [0, 0.1) is 17.7 Å². The zero-order valence-electron chi connectivity index (χ0n) is 6.55. The van der Waals surface area contributed by atoms with Gasteiger partial charge in [-0.3, -0.25) is 0 Å². The van der Waals surface area contributed by atoms with Crippen LogP contribution in [0.4, 0.5) is 4.39 Å². The van der Waals surface area contributed by atoms with Crippen LogP contribution < -0.4 is 0 Å². The Balaban J connectivity index is 2.71. The molecule has 0 unspecified atom stereocenters. The van der Waals surface area contributed by atoms with Crippen LogP contribution in [0.5, 0.6) is 0 Å². The predicted octanol–water partition coefficient (Wildman–Crippen LogP) is 1.56. The van der Waals surface area contributed by atoms with Gasteiger partial charge in [-0.2, -0.15) is 0 Å². The van der Waals surface area contributed by atoms with Crippen molar-refractivity contribution in [1.29, 1.82) is 0 Å². The topological polar surface area (TPSA) is 20.2 Å². The van der Waals surface area contributed by atoms with Gasteiger partial charge >= 0.3 is 0 Å². The second-order valence-electron chi connectivity index (χ2n) is 2.29. The molecule has 1 aromatic carbocycles. The van der Waals surface area contributed by atoms with Crippen LogP contribution in [0.1, 0.15) is 12.0 Å². The highest BCUT2D eigenvalue weighted by atomic mass is 19.1. The lowest BCUT2D eigenvalue weighted by Crippen LogP contribution is -1.79. The van der Waals surface area contributed by atoms with Gasteiger partial charge in [-0.25, -0.2) is 4.39 Å². The third kappa shape index (κ3) is 2.73. The van der Waals surface area contributed by atoms with E-state index >= 15 is 0 Å². The summed E-state index contributed by atoms with van der Waals surface area (Å²) < 4.78 is 12.6. The van der Waals surface area contributed by atoms with E-state index in [2.05, 4.69) is 11.8 Å².